The number of carbonyl (C=O) groups is 2. The molecular weight excluding hydrogens is 336 g/mol. The third-order valence-corrected chi connectivity index (χ3v) is 4.87. The molecule has 5 heteroatoms. The van der Waals surface area contributed by atoms with E-state index >= 15 is 0 Å². The average molecular weight is 357 g/mol. The van der Waals surface area contributed by atoms with Gasteiger partial charge in [0.05, 0.1) is 11.8 Å². The molecule has 0 aliphatic heterocycles. The maximum atomic E-state index is 12.3. The predicted molar refractivity (Wildman–Crippen MR) is 99.3 cm³/mol. The fraction of sp³-hybridized carbons (Fsp3) is 0.300. The van der Waals surface area contributed by atoms with Crippen LogP contribution >= 0.6 is 11.6 Å². The Bertz CT molecular complexity index is 774. The molecule has 0 heterocycles. The van der Waals surface area contributed by atoms with Gasteiger partial charge in [-0.1, -0.05) is 48.9 Å². The summed E-state index contributed by atoms with van der Waals surface area (Å²) in [5, 5.41) is 6.37. The quantitative estimate of drug-likeness (QED) is 0.827. The Morgan fingerprint density at radius 1 is 1.04 bits per heavy atom. The molecule has 0 bridgehead atoms. The van der Waals surface area contributed by atoms with E-state index in [4.69, 9.17) is 11.6 Å². The summed E-state index contributed by atoms with van der Waals surface area (Å²) in [6.07, 6.45) is 1.55. The minimum absolute atomic E-state index is 0.0952. The van der Waals surface area contributed by atoms with Crippen molar-refractivity contribution in [3.63, 3.8) is 0 Å². The predicted octanol–water partition coefficient (Wildman–Crippen LogP) is 3.79. The van der Waals surface area contributed by atoms with Crippen LogP contribution in [0.25, 0.3) is 0 Å². The van der Waals surface area contributed by atoms with Crippen LogP contribution in [0.2, 0.25) is 5.02 Å². The first-order valence-corrected chi connectivity index (χ1v) is 8.87. The smallest absolute Gasteiger partial charge is 0.228 e. The molecule has 1 saturated carbocycles. The van der Waals surface area contributed by atoms with E-state index in [1.807, 2.05) is 42.5 Å². The van der Waals surface area contributed by atoms with Crippen molar-refractivity contribution in [3.05, 3.63) is 64.7 Å². The molecule has 25 heavy (non-hydrogen) atoms. The number of rotatable bonds is 6. The standard InChI is InChI=1S/C20H21ClN2O2/c1-2-13-7-9-15(10-8-13)23-20(25)17-11-16(17)19(24)22-12-14-5-3-4-6-18(14)21/h3-10,16-17H,2,11-12H2,1H3,(H,22,24)(H,23,25). The minimum atomic E-state index is -0.253. The molecule has 1 aliphatic carbocycles. The number of benzene rings is 2. The normalized spacial score (nSPS) is 18.5. The van der Waals surface area contributed by atoms with Crippen LogP contribution in [0, 0.1) is 11.8 Å². The number of hydrogen-bond acceptors (Lipinski definition) is 2. The third kappa shape index (κ3) is 4.40. The van der Waals surface area contributed by atoms with Gasteiger partial charge in [0, 0.05) is 17.3 Å². The molecule has 2 N–H and O–H groups in total. The van der Waals surface area contributed by atoms with Gasteiger partial charge in [-0.15, -0.1) is 0 Å². The summed E-state index contributed by atoms with van der Waals surface area (Å²) < 4.78 is 0. The Kier molecular flexibility index (Phi) is 5.39. The van der Waals surface area contributed by atoms with E-state index in [2.05, 4.69) is 17.6 Å². The monoisotopic (exact) mass is 356 g/mol. The van der Waals surface area contributed by atoms with E-state index in [9.17, 15) is 9.59 Å². The van der Waals surface area contributed by atoms with E-state index < -0.39 is 0 Å². The second-order valence-corrected chi connectivity index (χ2v) is 6.70. The van der Waals surface area contributed by atoms with Crippen LogP contribution in [0.1, 0.15) is 24.5 Å². The summed E-state index contributed by atoms with van der Waals surface area (Å²) in [7, 11) is 0. The number of nitrogens with one attached hydrogen (secondary N) is 2. The molecule has 1 aliphatic rings. The highest BCUT2D eigenvalue weighted by molar-refractivity contribution is 6.31. The van der Waals surface area contributed by atoms with E-state index in [1.165, 1.54) is 5.56 Å². The minimum Gasteiger partial charge on any atom is -0.352 e. The summed E-state index contributed by atoms with van der Waals surface area (Å²) in [4.78, 5) is 24.5. The Labute approximate surface area is 152 Å². The van der Waals surface area contributed by atoms with Crippen molar-refractivity contribution in [3.8, 4) is 0 Å². The van der Waals surface area contributed by atoms with Crippen LogP contribution in [-0.2, 0) is 22.6 Å². The van der Waals surface area contributed by atoms with Gasteiger partial charge in [-0.05, 0) is 42.2 Å². The zero-order valence-corrected chi connectivity index (χ0v) is 14.8. The number of aryl methyl sites for hydroxylation is 1. The fourth-order valence-electron chi connectivity index (χ4n) is 2.79. The molecule has 1 fully saturated rings. The van der Waals surface area contributed by atoms with Crippen molar-refractivity contribution in [2.45, 2.75) is 26.3 Å². The largest absolute Gasteiger partial charge is 0.352 e. The van der Waals surface area contributed by atoms with Gasteiger partial charge in [-0.3, -0.25) is 9.59 Å². The van der Waals surface area contributed by atoms with Gasteiger partial charge in [0.15, 0.2) is 0 Å². The summed E-state index contributed by atoms with van der Waals surface area (Å²) in [6, 6.07) is 15.2. The van der Waals surface area contributed by atoms with Crippen LogP contribution in [0.4, 0.5) is 5.69 Å². The molecule has 2 amide bonds. The van der Waals surface area contributed by atoms with E-state index in [0.29, 0.717) is 18.0 Å². The van der Waals surface area contributed by atoms with Crippen LogP contribution in [0.5, 0.6) is 0 Å². The number of amides is 2. The maximum Gasteiger partial charge on any atom is 0.228 e. The molecule has 0 aromatic heterocycles. The lowest BCUT2D eigenvalue weighted by molar-refractivity contribution is -0.125. The first-order valence-electron chi connectivity index (χ1n) is 8.49. The van der Waals surface area contributed by atoms with Crippen LogP contribution in [0.3, 0.4) is 0 Å². The van der Waals surface area contributed by atoms with Crippen molar-refractivity contribution < 1.29 is 9.59 Å². The number of anilines is 1. The van der Waals surface area contributed by atoms with Gasteiger partial charge in [-0.2, -0.15) is 0 Å². The van der Waals surface area contributed by atoms with Crippen molar-refractivity contribution in [2.24, 2.45) is 11.8 Å². The van der Waals surface area contributed by atoms with Gasteiger partial charge >= 0.3 is 0 Å². The lowest BCUT2D eigenvalue weighted by Gasteiger charge is -2.08. The summed E-state index contributed by atoms with van der Waals surface area (Å²) in [5.74, 6) is -0.696. The first kappa shape index (κ1) is 17.5. The molecule has 3 rings (SSSR count). The third-order valence-electron chi connectivity index (χ3n) is 4.50. The highest BCUT2D eigenvalue weighted by Crippen LogP contribution is 2.39. The molecule has 4 nitrogen and oxygen atoms in total. The second kappa shape index (κ2) is 7.70. The van der Waals surface area contributed by atoms with Gasteiger partial charge in [0.25, 0.3) is 0 Å². The zero-order chi connectivity index (χ0) is 17.8. The summed E-state index contributed by atoms with van der Waals surface area (Å²) >= 11 is 6.08. The van der Waals surface area contributed by atoms with E-state index in [-0.39, 0.29) is 23.7 Å². The molecule has 0 spiro atoms. The summed E-state index contributed by atoms with van der Waals surface area (Å²) in [5.41, 5.74) is 2.86. The van der Waals surface area contributed by atoms with Crippen molar-refractivity contribution in [2.75, 3.05) is 5.32 Å². The molecule has 0 radical (unpaired) electrons. The van der Waals surface area contributed by atoms with Crippen molar-refractivity contribution in [1.82, 2.24) is 5.32 Å². The SMILES string of the molecule is CCc1ccc(NC(=O)C2CC2C(=O)NCc2ccccc2Cl)cc1. The van der Waals surface area contributed by atoms with Crippen LogP contribution < -0.4 is 10.6 Å². The molecule has 130 valence electrons. The fourth-order valence-corrected chi connectivity index (χ4v) is 2.99. The number of carbonyl (C=O) groups excluding carboxylic acids is 2. The van der Waals surface area contributed by atoms with Gasteiger partial charge in [-0.25, -0.2) is 0 Å². The molecule has 2 aromatic carbocycles. The number of halogens is 1. The Balaban J connectivity index is 1.48. The van der Waals surface area contributed by atoms with Gasteiger partial charge in [0.2, 0.25) is 11.8 Å². The number of hydrogen-bond donors (Lipinski definition) is 2. The maximum absolute atomic E-state index is 12.3. The van der Waals surface area contributed by atoms with E-state index in [0.717, 1.165) is 17.7 Å². The molecule has 2 unspecified atom stereocenters. The van der Waals surface area contributed by atoms with E-state index in [1.54, 1.807) is 6.07 Å². The molecule has 0 saturated heterocycles. The molecular formula is C20H21ClN2O2. The highest BCUT2D eigenvalue weighted by Gasteiger charge is 2.47. The first-order chi connectivity index (χ1) is 12.1. The zero-order valence-electron chi connectivity index (χ0n) is 14.1. The highest BCUT2D eigenvalue weighted by atomic mass is 35.5. The van der Waals surface area contributed by atoms with Gasteiger partial charge in [0.1, 0.15) is 0 Å². The van der Waals surface area contributed by atoms with Crippen LogP contribution in [0.15, 0.2) is 48.5 Å². The Morgan fingerprint density at radius 3 is 2.40 bits per heavy atom. The second-order valence-electron chi connectivity index (χ2n) is 6.30. The van der Waals surface area contributed by atoms with Gasteiger partial charge < -0.3 is 10.6 Å². The van der Waals surface area contributed by atoms with Crippen LogP contribution in [-0.4, -0.2) is 11.8 Å². The van der Waals surface area contributed by atoms with Crippen molar-refractivity contribution in [1.29, 1.82) is 0 Å². The molecule has 2 aromatic rings. The summed E-state index contributed by atoms with van der Waals surface area (Å²) in [6.45, 7) is 2.46. The van der Waals surface area contributed by atoms with Crippen molar-refractivity contribution >= 4 is 29.1 Å². The topological polar surface area (TPSA) is 58.2 Å². The molecule has 2 atom stereocenters. The lowest BCUT2D eigenvalue weighted by atomic mass is 10.1. The Hall–Kier alpha value is -2.33. The lowest BCUT2D eigenvalue weighted by Crippen LogP contribution is -2.27. The average Bonchev–Trinajstić information content (AvgIpc) is 3.42. The Morgan fingerprint density at radius 2 is 1.72 bits per heavy atom.